The zero-order chi connectivity index (χ0) is 13.1. The van der Waals surface area contributed by atoms with Gasteiger partial charge >= 0.3 is 12.1 Å². The molecule has 0 amide bonds. The number of aromatic nitrogens is 2. The number of carbonyl (C=O) groups is 1. The van der Waals surface area contributed by atoms with Crippen LogP contribution in [0, 0.1) is 5.92 Å². The maximum absolute atomic E-state index is 12.2. The average molecular weight is 286 g/mol. The van der Waals surface area contributed by atoms with Gasteiger partial charge in [0.05, 0.1) is 13.0 Å². The second-order valence-corrected chi connectivity index (χ2v) is 5.35. The minimum absolute atomic E-state index is 0.188. The van der Waals surface area contributed by atoms with E-state index in [9.17, 15) is 18.0 Å². The fraction of sp³-hybridized carbons (Fsp3) is 0.625. The maximum Gasteiger partial charge on any atom is 0.445 e. The van der Waals surface area contributed by atoms with Crippen molar-refractivity contribution in [3.8, 4) is 0 Å². The molecule has 9 heteroatoms. The summed E-state index contributed by atoms with van der Waals surface area (Å²) in [5.41, 5.74) is 0. The Morgan fingerprint density at radius 3 is 2.65 bits per heavy atom. The third-order valence-electron chi connectivity index (χ3n) is 1.71. The molecule has 96 valence electrons. The summed E-state index contributed by atoms with van der Waals surface area (Å²) >= 11 is 1.52. The molecule has 1 rings (SSSR count). The van der Waals surface area contributed by atoms with E-state index in [4.69, 9.17) is 0 Å². The molecular weight excluding hydrogens is 277 g/mol. The van der Waals surface area contributed by atoms with Crippen molar-refractivity contribution in [3.05, 3.63) is 5.01 Å². The number of methoxy groups -OCH3 is 1. The molecule has 0 aliphatic carbocycles. The van der Waals surface area contributed by atoms with E-state index in [-0.39, 0.29) is 4.34 Å². The van der Waals surface area contributed by atoms with Gasteiger partial charge in [0.2, 0.25) is 5.01 Å². The molecule has 1 aromatic heterocycles. The molecular formula is C8H9F3N2O2S2. The highest BCUT2D eigenvalue weighted by atomic mass is 32.2. The third kappa shape index (κ3) is 4.15. The van der Waals surface area contributed by atoms with Crippen LogP contribution in [0.5, 0.6) is 0 Å². The van der Waals surface area contributed by atoms with E-state index >= 15 is 0 Å². The lowest BCUT2D eigenvalue weighted by molar-refractivity contribution is -0.144. The summed E-state index contributed by atoms with van der Waals surface area (Å²) in [6, 6.07) is 0. The molecule has 4 nitrogen and oxygen atoms in total. The van der Waals surface area contributed by atoms with Gasteiger partial charge in [-0.1, -0.05) is 30.0 Å². The summed E-state index contributed by atoms with van der Waals surface area (Å²) in [5.74, 6) is -0.500. The smallest absolute Gasteiger partial charge is 0.445 e. The van der Waals surface area contributed by atoms with Gasteiger partial charge < -0.3 is 4.74 Å². The normalized spacial score (nSPS) is 13.5. The van der Waals surface area contributed by atoms with Crippen molar-refractivity contribution in [2.24, 2.45) is 5.92 Å². The number of nitrogens with zero attached hydrogens (tertiary/aromatic N) is 2. The molecule has 1 aromatic rings. The Morgan fingerprint density at radius 1 is 1.53 bits per heavy atom. The number of rotatable bonds is 4. The van der Waals surface area contributed by atoms with Gasteiger partial charge in [0.15, 0.2) is 4.34 Å². The molecule has 0 bridgehead atoms. The van der Waals surface area contributed by atoms with E-state index in [2.05, 4.69) is 14.9 Å². The molecule has 1 heterocycles. The number of carbonyl (C=O) groups excluding carboxylic acids is 1. The van der Waals surface area contributed by atoms with Crippen molar-refractivity contribution in [2.45, 2.75) is 17.4 Å². The van der Waals surface area contributed by atoms with Crippen molar-refractivity contribution in [1.82, 2.24) is 10.2 Å². The summed E-state index contributed by atoms with van der Waals surface area (Å²) in [6.45, 7) is 1.63. The topological polar surface area (TPSA) is 52.1 Å². The number of esters is 1. The highest BCUT2D eigenvalue weighted by molar-refractivity contribution is 8.01. The van der Waals surface area contributed by atoms with Gasteiger partial charge in [0.1, 0.15) is 0 Å². The average Bonchev–Trinajstić information content (AvgIpc) is 2.72. The minimum Gasteiger partial charge on any atom is -0.469 e. The predicted octanol–water partition coefficient (Wildman–Crippen LogP) is 2.46. The number of alkyl halides is 3. The molecule has 0 saturated heterocycles. The van der Waals surface area contributed by atoms with Crippen molar-refractivity contribution in [1.29, 1.82) is 0 Å². The molecule has 0 aromatic carbocycles. The highest BCUT2D eigenvalue weighted by Gasteiger charge is 2.35. The number of halogens is 3. The van der Waals surface area contributed by atoms with E-state index in [0.717, 1.165) is 11.8 Å². The molecule has 0 fully saturated rings. The number of thioether (sulfide) groups is 1. The zero-order valence-electron chi connectivity index (χ0n) is 8.95. The highest BCUT2D eigenvalue weighted by Crippen LogP contribution is 2.34. The Hall–Kier alpha value is -0.830. The fourth-order valence-corrected chi connectivity index (χ4v) is 2.60. The first kappa shape index (κ1) is 14.2. The lowest BCUT2D eigenvalue weighted by atomic mass is 10.2. The van der Waals surface area contributed by atoms with Crippen LogP contribution >= 0.6 is 23.1 Å². The molecule has 1 unspecified atom stereocenters. The standard InChI is InChI=1S/C8H9F3N2O2S2/c1-4(5(14)15-2)3-16-7-13-12-6(17-7)8(9,10)11/h4H,3H2,1-2H3. The number of ether oxygens (including phenoxy) is 1. The van der Waals surface area contributed by atoms with Gasteiger partial charge in [0, 0.05) is 5.75 Å². The first-order chi connectivity index (χ1) is 7.84. The largest absolute Gasteiger partial charge is 0.469 e. The second-order valence-electron chi connectivity index (χ2n) is 3.11. The summed E-state index contributed by atoms with van der Waals surface area (Å²) in [5, 5.41) is 5.46. The van der Waals surface area contributed by atoms with Gasteiger partial charge in [-0.05, 0) is 0 Å². The third-order valence-corrected chi connectivity index (χ3v) is 4.07. The fourth-order valence-electron chi connectivity index (χ4n) is 0.848. The van der Waals surface area contributed by atoms with Crippen LogP contribution in [0.2, 0.25) is 0 Å². The van der Waals surface area contributed by atoms with E-state index in [1.165, 1.54) is 7.11 Å². The van der Waals surface area contributed by atoms with Crippen LogP contribution in [0.3, 0.4) is 0 Å². The predicted molar refractivity (Wildman–Crippen MR) is 56.8 cm³/mol. The maximum atomic E-state index is 12.2. The summed E-state index contributed by atoms with van der Waals surface area (Å²) < 4.78 is 41.3. The van der Waals surface area contributed by atoms with Gasteiger partial charge in [-0.25, -0.2) is 0 Å². The molecule has 0 aliphatic heterocycles. The molecule has 0 N–H and O–H groups in total. The van der Waals surface area contributed by atoms with E-state index in [1.807, 2.05) is 0 Å². The lowest BCUT2D eigenvalue weighted by Crippen LogP contribution is -2.14. The van der Waals surface area contributed by atoms with Crippen molar-refractivity contribution >= 4 is 29.1 Å². The lowest BCUT2D eigenvalue weighted by Gasteiger charge is -2.06. The van der Waals surface area contributed by atoms with Crippen LogP contribution in [0.1, 0.15) is 11.9 Å². The Morgan fingerprint density at radius 2 is 2.18 bits per heavy atom. The first-order valence-corrected chi connectivity index (χ1v) is 6.26. The van der Waals surface area contributed by atoms with Gasteiger partial charge in [0.25, 0.3) is 0 Å². The molecule has 17 heavy (non-hydrogen) atoms. The van der Waals surface area contributed by atoms with Crippen molar-refractivity contribution < 1.29 is 22.7 Å². The van der Waals surface area contributed by atoms with E-state index in [0.29, 0.717) is 17.1 Å². The Kier molecular flexibility index (Phi) is 4.75. The van der Waals surface area contributed by atoms with Crippen LogP contribution in [0.15, 0.2) is 4.34 Å². The number of hydrogen-bond acceptors (Lipinski definition) is 6. The SMILES string of the molecule is COC(=O)C(C)CSc1nnc(C(F)(F)F)s1. The molecule has 0 spiro atoms. The zero-order valence-corrected chi connectivity index (χ0v) is 10.6. The number of hydrogen-bond donors (Lipinski definition) is 0. The van der Waals surface area contributed by atoms with Crippen LogP contribution in [-0.4, -0.2) is 29.0 Å². The Labute approximate surface area is 104 Å². The second kappa shape index (κ2) is 5.67. The van der Waals surface area contributed by atoms with Crippen LogP contribution in [-0.2, 0) is 15.7 Å². The molecule has 0 aliphatic rings. The quantitative estimate of drug-likeness (QED) is 0.628. The van der Waals surface area contributed by atoms with Gasteiger partial charge in [-0.15, -0.1) is 10.2 Å². The summed E-state index contributed by atoms with van der Waals surface area (Å²) in [4.78, 5) is 11.0. The van der Waals surface area contributed by atoms with Crippen molar-refractivity contribution in [2.75, 3.05) is 12.9 Å². The summed E-state index contributed by atoms with van der Waals surface area (Å²) in [7, 11) is 1.26. The monoisotopic (exact) mass is 286 g/mol. The molecule has 1 atom stereocenters. The van der Waals surface area contributed by atoms with Crippen LogP contribution in [0.4, 0.5) is 13.2 Å². The minimum atomic E-state index is -4.47. The van der Waals surface area contributed by atoms with Crippen LogP contribution < -0.4 is 0 Å². The van der Waals surface area contributed by atoms with E-state index in [1.54, 1.807) is 6.92 Å². The Balaban J connectivity index is 2.53. The molecule has 0 radical (unpaired) electrons. The molecule has 0 saturated carbocycles. The van der Waals surface area contributed by atoms with Gasteiger partial charge in [-0.3, -0.25) is 4.79 Å². The van der Waals surface area contributed by atoms with Crippen LogP contribution in [0.25, 0.3) is 0 Å². The van der Waals surface area contributed by atoms with Crippen molar-refractivity contribution in [3.63, 3.8) is 0 Å². The van der Waals surface area contributed by atoms with E-state index < -0.39 is 23.1 Å². The summed E-state index contributed by atoms with van der Waals surface area (Å²) in [6.07, 6.45) is -4.47. The Bertz CT molecular complexity index is 394. The first-order valence-electron chi connectivity index (χ1n) is 4.46. The van der Waals surface area contributed by atoms with Gasteiger partial charge in [-0.2, -0.15) is 13.2 Å².